The Morgan fingerprint density at radius 3 is 2.44 bits per heavy atom. The first-order valence-electron chi connectivity index (χ1n) is 6.11. The zero-order chi connectivity index (χ0) is 13.8. The van der Waals surface area contributed by atoms with Gasteiger partial charge >= 0.3 is 0 Å². The van der Waals surface area contributed by atoms with E-state index in [0.717, 1.165) is 15.8 Å². The zero-order valence-corrected chi connectivity index (χ0v) is 13.1. The lowest BCUT2D eigenvalue weighted by Gasteiger charge is -2.19. The molecule has 3 nitrogen and oxygen atoms in total. The van der Waals surface area contributed by atoms with E-state index in [-0.39, 0.29) is 11.6 Å². The van der Waals surface area contributed by atoms with Gasteiger partial charge in [-0.15, -0.1) is 0 Å². The van der Waals surface area contributed by atoms with Crippen molar-refractivity contribution in [3.8, 4) is 5.75 Å². The van der Waals surface area contributed by atoms with Crippen molar-refractivity contribution >= 4 is 15.9 Å². The van der Waals surface area contributed by atoms with Crippen LogP contribution in [0.4, 0.5) is 0 Å². The van der Waals surface area contributed by atoms with Crippen molar-refractivity contribution in [1.29, 1.82) is 0 Å². The largest absolute Gasteiger partial charge is 0.491 e. The number of benzene rings is 1. The summed E-state index contributed by atoms with van der Waals surface area (Å²) in [6.07, 6.45) is 0. The summed E-state index contributed by atoms with van der Waals surface area (Å²) in [6.45, 7) is 9.16. The third-order valence-electron chi connectivity index (χ3n) is 2.35. The fourth-order valence-electron chi connectivity index (χ4n) is 1.47. The number of nitrogens with two attached hydrogens (primary N) is 1. The molecule has 1 aromatic carbocycles. The highest BCUT2D eigenvalue weighted by molar-refractivity contribution is 9.10. The summed E-state index contributed by atoms with van der Waals surface area (Å²) in [4.78, 5) is 0. The molecular formula is C14H22BrNO2. The molecule has 1 aromatic rings. The first kappa shape index (κ1) is 15.5. The summed E-state index contributed by atoms with van der Waals surface area (Å²) in [5.41, 5.74) is 6.80. The van der Waals surface area contributed by atoms with Crippen LogP contribution in [0.15, 0.2) is 22.7 Å². The minimum absolute atomic E-state index is 0.0117. The van der Waals surface area contributed by atoms with Gasteiger partial charge in [0.05, 0.1) is 12.2 Å². The number of hydrogen-bond donors (Lipinski definition) is 1. The standard InChI is InChI=1S/C14H22BrNO2/c1-10(16)12-6-5-11(9-13(12)15)17-7-8-18-14(2,3)4/h5-6,9-10H,7-8,16H2,1-4H3. The third-order valence-corrected chi connectivity index (χ3v) is 3.04. The van der Waals surface area contributed by atoms with Gasteiger partial charge in [-0.2, -0.15) is 0 Å². The van der Waals surface area contributed by atoms with Crippen LogP contribution in [0.3, 0.4) is 0 Å². The van der Waals surface area contributed by atoms with Gasteiger partial charge in [0, 0.05) is 10.5 Å². The Morgan fingerprint density at radius 1 is 1.28 bits per heavy atom. The van der Waals surface area contributed by atoms with Crippen molar-refractivity contribution in [1.82, 2.24) is 0 Å². The molecule has 0 aromatic heterocycles. The molecule has 0 heterocycles. The van der Waals surface area contributed by atoms with Gasteiger partial charge in [-0.05, 0) is 45.4 Å². The van der Waals surface area contributed by atoms with Crippen molar-refractivity contribution in [2.75, 3.05) is 13.2 Å². The van der Waals surface area contributed by atoms with E-state index >= 15 is 0 Å². The summed E-state index contributed by atoms with van der Waals surface area (Å²) in [7, 11) is 0. The molecule has 0 amide bonds. The van der Waals surface area contributed by atoms with E-state index in [4.69, 9.17) is 15.2 Å². The predicted molar refractivity (Wildman–Crippen MR) is 77.9 cm³/mol. The Kier molecular flexibility index (Phi) is 5.63. The molecule has 0 fully saturated rings. The van der Waals surface area contributed by atoms with Crippen molar-refractivity contribution in [2.24, 2.45) is 5.73 Å². The number of ether oxygens (including phenoxy) is 2. The van der Waals surface area contributed by atoms with E-state index < -0.39 is 0 Å². The van der Waals surface area contributed by atoms with Gasteiger partial charge in [-0.1, -0.05) is 22.0 Å². The molecule has 2 N–H and O–H groups in total. The van der Waals surface area contributed by atoms with Crippen LogP contribution < -0.4 is 10.5 Å². The lowest BCUT2D eigenvalue weighted by atomic mass is 10.1. The van der Waals surface area contributed by atoms with Gasteiger partial charge in [0.15, 0.2) is 0 Å². The predicted octanol–water partition coefficient (Wildman–Crippen LogP) is 3.66. The maximum Gasteiger partial charge on any atom is 0.120 e. The summed E-state index contributed by atoms with van der Waals surface area (Å²) < 4.78 is 12.2. The smallest absolute Gasteiger partial charge is 0.120 e. The quantitative estimate of drug-likeness (QED) is 0.843. The third kappa shape index (κ3) is 5.38. The van der Waals surface area contributed by atoms with Crippen LogP contribution in [-0.2, 0) is 4.74 Å². The van der Waals surface area contributed by atoms with Crippen LogP contribution in [0.1, 0.15) is 39.3 Å². The average Bonchev–Trinajstić information content (AvgIpc) is 2.22. The van der Waals surface area contributed by atoms with Gasteiger partial charge in [-0.3, -0.25) is 0 Å². The van der Waals surface area contributed by atoms with E-state index in [1.54, 1.807) is 0 Å². The second-order valence-corrected chi connectivity index (χ2v) is 6.14. The Balaban J connectivity index is 2.47. The van der Waals surface area contributed by atoms with Gasteiger partial charge in [-0.25, -0.2) is 0 Å². The minimum Gasteiger partial charge on any atom is -0.491 e. The van der Waals surface area contributed by atoms with E-state index in [1.165, 1.54) is 0 Å². The van der Waals surface area contributed by atoms with E-state index in [2.05, 4.69) is 15.9 Å². The normalized spacial score (nSPS) is 13.4. The number of rotatable bonds is 5. The summed E-state index contributed by atoms with van der Waals surface area (Å²) >= 11 is 3.50. The molecule has 0 saturated carbocycles. The molecule has 0 spiro atoms. The van der Waals surface area contributed by atoms with Crippen molar-refractivity contribution < 1.29 is 9.47 Å². The van der Waals surface area contributed by atoms with Crippen LogP contribution in [0.2, 0.25) is 0 Å². The second kappa shape index (κ2) is 6.55. The summed E-state index contributed by atoms with van der Waals surface area (Å²) in [6, 6.07) is 5.86. The van der Waals surface area contributed by atoms with Crippen molar-refractivity contribution in [2.45, 2.75) is 39.3 Å². The van der Waals surface area contributed by atoms with Crippen LogP contribution >= 0.6 is 15.9 Å². The molecule has 0 aliphatic heterocycles. The second-order valence-electron chi connectivity index (χ2n) is 5.28. The highest BCUT2D eigenvalue weighted by Crippen LogP contribution is 2.26. The van der Waals surface area contributed by atoms with Crippen molar-refractivity contribution in [3.05, 3.63) is 28.2 Å². The first-order chi connectivity index (χ1) is 8.29. The van der Waals surface area contributed by atoms with Gasteiger partial charge < -0.3 is 15.2 Å². The maximum atomic E-state index is 5.84. The molecule has 0 radical (unpaired) electrons. The average molecular weight is 316 g/mol. The van der Waals surface area contributed by atoms with Gasteiger partial charge in [0.2, 0.25) is 0 Å². The maximum absolute atomic E-state index is 5.84. The molecule has 1 atom stereocenters. The van der Waals surface area contributed by atoms with Crippen LogP contribution in [0.25, 0.3) is 0 Å². The molecule has 18 heavy (non-hydrogen) atoms. The molecule has 102 valence electrons. The van der Waals surface area contributed by atoms with E-state index in [0.29, 0.717) is 13.2 Å². The summed E-state index contributed by atoms with van der Waals surface area (Å²) in [5.74, 6) is 0.823. The number of halogens is 1. The number of hydrogen-bond acceptors (Lipinski definition) is 3. The van der Waals surface area contributed by atoms with Crippen LogP contribution in [-0.4, -0.2) is 18.8 Å². The van der Waals surface area contributed by atoms with Crippen LogP contribution in [0.5, 0.6) is 5.75 Å². The lowest BCUT2D eigenvalue weighted by Crippen LogP contribution is -2.22. The Morgan fingerprint density at radius 2 is 1.94 bits per heavy atom. The van der Waals surface area contributed by atoms with Gasteiger partial charge in [0.1, 0.15) is 12.4 Å². The highest BCUT2D eigenvalue weighted by Gasteiger charge is 2.10. The fourth-order valence-corrected chi connectivity index (χ4v) is 2.19. The molecule has 1 rings (SSSR count). The molecule has 0 bridgehead atoms. The topological polar surface area (TPSA) is 44.5 Å². The Labute approximate surface area is 118 Å². The van der Waals surface area contributed by atoms with E-state index in [9.17, 15) is 0 Å². The monoisotopic (exact) mass is 315 g/mol. The highest BCUT2D eigenvalue weighted by atomic mass is 79.9. The molecule has 0 aliphatic rings. The van der Waals surface area contributed by atoms with Crippen LogP contribution in [0, 0.1) is 0 Å². The molecule has 1 unspecified atom stereocenters. The molecular weight excluding hydrogens is 294 g/mol. The Bertz CT molecular complexity index is 386. The summed E-state index contributed by atoms with van der Waals surface area (Å²) in [5, 5.41) is 0. The molecule has 4 heteroatoms. The van der Waals surface area contributed by atoms with Gasteiger partial charge in [0.25, 0.3) is 0 Å². The zero-order valence-electron chi connectivity index (χ0n) is 11.5. The lowest BCUT2D eigenvalue weighted by molar-refractivity contribution is -0.0163. The molecule has 0 saturated heterocycles. The van der Waals surface area contributed by atoms with E-state index in [1.807, 2.05) is 45.9 Å². The van der Waals surface area contributed by atoms with Crippen molar-refractivity contribution in [3.63, 3.8) is 0 Å². The Hall–Kier alpha value is -0.580. The molecule has 0 aliphatic carbocycles. The first-order valence-corrected chi connectivity index (χ1v) is 6.90. The fraction of sp³-hybridized carbons (Fsp3) is 0.571. The SMILES string of the molecule is CC(N)c1ccc(OCCOC(C)(C)C)cc1Br. The minimum atomic E-state index is -0.122.